The number of nitrogens with zero attached hydrogens (tertiary/aromatic N) is 3. The van der Waals surface area contributed by atoms with Gasteiger partial charge in [0, 0.05) is 65.9 Å². The Balaban J connectivity index is 2.26. The van der Waals surface area contributed by atoms with Crippen LogP contribution >= 0.6 is 0 Å². The Morgan fingerprint density at radius 1 is 0.640 bits per heavy atom. The predicted octanol–water partition coefficient (Wildman–Crippen LogP) is 5.51. The van der Waals surface area contributed by atoms with Crippen LogP contribution in [0.2, 0.25) is 0 Å². The summed E-state index contributed by atoms with van der Waals surface area (Å²) in [6, 6.07) is 13.9. The molecule has 0 amide bonds. The summed E-state index contributed by atoms with van der Waals surface area (Å²) in [6.45, 7) is 16.3. The Labute approximate surface area is 151 Å². The maximum Gasteiger partial charge on any atom is 0.0492 e. The number of rotatable bonds is 7. The lowest BCUT2D eigenvalue weighted by Crippen LogP contribution is -2.21. The van der Waals surface area contributed by atoms with E-state index in [9.17, 15) is 0 Å². The minimum absolute atomic E-state index is 0.995. The van der Waals surface area contributed by atoms with Gasteiger partial charge in [0.25, 0.3) is 0 Å². The van der Waals surface area contributed by atoms with Crippen LogP contribution in [0.1, 0.15) is 34.6 Å². The van der Waals surface area contributed by atoms with Crippen LogP contribution in [-0.4, -0.2) is 30.7 Å². The van der Waals surface area contributed by atoms with Gasteiger partial charge in [-0.05, 0) is 71.0 Å². The molecular weight excluding hydrogens is 306 g/mol. The summed E-state index contributed by atoms with van der Waals surface area (Å²) in [4.78, 5) is 4.84. The van der Waals surface area contributed by atoms with Gasteiger partial charge in [-0.2, -0.15) is 0 Å². The van der Waals surface area contributed by atoms with Crippen LogP contribution in [0.15, 0.2) is 36.4 Å². The van der Waals surface area contributed by atoms with Gasteiger partial charge >= 0.3 is 0 Å². The first-order valence-electron chi connectivity index (χ1n) is 9.74. The zero-order chi connectivity index (χ0) is 18.0. The lowest BCUT2D eigenvalue weighted by Gasteiger charge is -2.21. The van der Waals surface area contributed by atoms with Gasteiger partial charge in [-0.3, -0.25) is 0 Å². The van der Waals surface area contributed by atoms with Crippen LogP contribution in [0.25, 0.3) is 21.8 Å². The van der Waals surface area contributed by atoms with Crippen LogP contribution < -0.4 is 9.80 Å². The highest BCUT2D eigenvalue weighted by Gasteiger charge is 2.13. The highest BCUT2D eigenvalue weighted by Crippen LogP contribution is 2.34. The van der Waals surface area contributed by atoms with Crippen molar-refractivity contribution in [2.24, 2.45) is 0 Å². The Morgan fingerprint density at radius 2 is 1.04 bits per heavy atom. The van der Waals surface area contributed by atoms with E-state index in [1.807, 2.05) is 0 Å². The quantitative estimate of drug-likeness (QED) is 0.563. The van der Waals surface area contributed by atoms with E-state index >= 15 is 0 Å². The first-order valence-corrected chi connectivity index (χ1v) is 9.74. The molecule has 1 heterocycles. The molecule has 3 aromatic rings. The van der Waals surface area contributed by atoms with Gasteiger partial charge in [0.15, 0.2) is 0 Å². The molecule has 2 aromatic carbocycles. The number of hydrogen-bond donors (Lipinski definition) is 0. The average Bonchev–Trinajstić information content (AvgIpc) is 2.96. The maximum atomic E-state index is 2.43. The normalized spacial score (nSPS) is 11.4. The number of aryl methyl sites for hydroxylation is 1. The fraction of sp³-hybridized carbons (Fsp3) is 0.455. The van der Waals surface area contributed by atoms with Crippen LogP contribution in [-0.2, 0) is 6.54 Å². The molecule has 0 bridgehead atoms. The van der Waals surface area contributed by atoms with Crippen molar-refractivity contribution in [1.82, 2.24) is 4.57 Å². The van der Waals surface area contributed by atoms with Crippen molar-refractivity contribution in [3.8, 4) is 0 Å². The first kappa shape index (κ1) is 17.7. The molecule has 0 spiro atoms. The first-order chi connectivity index (χ1) is 12.2. The van der Waals surface area contributed by atoms with E-state index in [0.717, 1.165) is 32.7 Å². The topological polar surface area (TPSA) is 11.4 Å². The number of hydrogen-bond acceptors (Lipinski definition) is 2. The highest BCUT2D eigenvalue weighted by molar-refractivity contribution is 6.10. The summed E-state index contributed by atoms with van der Waals surface area (Å²) in [5, 5.41) is 2.74. The molecule has 0 saturated carbocycles. The third-order valence-electron chi connectivity index (χ3n) is 5.41. The standard InChI is InChI=1S/C22H31N3/c1-6-23(7-2)17-11-13-21-19(15-17)20-16-18(24(8-3)9-4)12-14-22(20)25(21)10-5/h11-16H,6-10H2,1-5H3. The molecule has 0 atom stereocenters. The number of benzene rings is 2. The molecule has 3 heteroatoms. The molecular formula is C22H31N3. The van der Waals surface area contributed by atoms with E-state index in [-0.39, 0.29) is 0 Å². The van der Waals surface area contributed by atoms with Crippen molar-refractivity contribution in [3.05, 3.63) is 36.4 Å². The molecule has 0 unspecified atom stereocenters. The van der Waals surface area contributed by atoms with Crippen molar-refractivity contribution in [2.45, 2.75) is 41.2 Å². The van der Waals surface area contributed by atoms with Crippen molar-refractivity contribution in [1.29, 1.82) is 0 Å². The lowest BCUT2D eigenvalue weighted by molar-refractivity contribution is 0.826. The molecule has 3 rings (SSSR count). The fourth-order valence-corrected chi connectivity index (χ4v) is 3.99. The summed E-state index contributed by atoms with van der Waals surface area (Å²) in [5.41, 5.74) is 5.32. The highest BCUT2D eigenvalue weighted by atomic mass is 15.1. The van der Waals surface area contributed by atoms with E-state index in [2.05, 4.69) is 85.4 Å². The minimum atomic E-state index is 0.995. The van der Waals surface area contributed by atoms with Crippen molar-refractivity contribution in [3.63, 3.8) is 0 Å². The van der Waals surface area contributed by atoms with Gasteiger partial charge in [-0.1, -0.05) is 0 Å². The maximum absolute atomic E-state index is 2.43. The molecule has 134 valence electrons. The monoisotopic (exact) mass is 337 g/mol. The smallest absolute Gasteiger partial charge is 0.0492 e. The van der Waals surface area contributed by atoms with Gasteiger partial charge in [-0.25, -0.2) is 0 Å². The van der Waals surface area contributed by atoms with E-state index in [0.29, 0.717) is 0 Å². The van der Waals surface area contributed by atoms with Gasteiger partial charge in [0.05, 0.1) is 0 Å². The zero-order valence-corrected chi connectivity index (χ0v) is 16.3. The second-order valence-electron chi connectivity index (χ2n) is 6.49. The van der Waals surface area contributed by atoms with Crippen molar-refractivity contribution < 1.29 is 0 Å². The summed E-state index contributed by atoms with van der Waals surface area (Å²) in [5.74, 6) is 0. The van der Waals surface area contributed by atoms with E-state index in [1.54, 1.807) is 0 Å². The van der Waals surface area contributed by atoms with E-state index in [4.69, 9.17) is 0 Å². The zero-order valence-electron chi connectivity index (χ0n) is 16.3. The Bertz CT molecular complexity index is 785. The molecule has 25 heavy (non-hydrogen) atoms. The van der Waals surface area contributed by atoms with Gasteiger partial charge in [0.1, 0.15) is 0 Å². The lowest BCUT2D eigenvalue weighted by atomic mass is 10.1. The molecule has 0 saturated heterocycles. The molecule has 0 fully saturated rings. The molecule has 0 aliphatic heterocycles. The number of anilines is 2. The molecule has 0 radical (unpaired) electrons. The molecule has 0 N–H and O–H groups in total. The molecule has 1 aromatic heterocycles. The van der Waals surface area contributed by atoms with E-state index in [1.165, 1.54) is 33.2 Å². The fourth-order valence-electron chi connectivity index (χ4n) is 3.99. The third kappa shape index (κ3) is 2.97. The predicted molar refractivity (Wildman–Crippen MR) is 112 cm³/mol. The van der Waals surface area contributed by atoms with Gasteiger partial charge in [0.2, 0.25) is 0 Å². The van der Waals surface area contributed by atoms with Crippen LogP contribution in [0.4, 0.5) is 11.4 Å². The third-order valence-corrected chi connectivity index (χ3v) is 5.41. The average molecular weight is 338 g/mol. The van der Waals surface area contributed by atoms with Crippen LogP contribution in [0.3, 0.4) is 0 Å². The summed E-state index contributed by atoms with van der Waals surface area (Å²) < 4.78 is 2.43. The van der Waals surface area contributed by atoms with Crippen molar-refractivity contribution in [2.75, 3.05) is 36.0 Å². The van der Waals surface area contributed by atoms with Crippen molar-refractivity contribution >= 4 is 33.2 Å². The molecule has 0 aliphatic rings. The minimum Gasteiger partial charge on any atom is -0.372 e. The Hall–Kier alpha value is -2.16. The van der Waals surface area contributed by atoms with Crippen LogP contribution in [0, 0.1) is 0 Å². The number of fused-ring (bicyclic) bond motifs is 3. The summed E-state index contributed by atoms with van der Waals surface area (Å²) in [6.07, 6.45) is 0. The summed E-state index contributed by atoms with van der Waals surface area (Å²) in [7, 11) is 0. The largest absolute Gasteiger partial charge is 0.372 e. The second-order valence-corrected chi connectivity index (χ2v) is 6.49. The number of aromatic nitrogens is 1. The van der Waals surface area contributed by atoms with E-state index < -0.39 is 0 Å². The van der Waals surface area contributed by atoms with Gasteiger partial charge < -0.3 is 14.4 Å². The Morgan fingerprint density at radius 3 is 1.36 bits per heavy atom. The molecule has 3 nitrogen and oxygen atoms in total. The van der Waals surface area contributed by atoms with Gasteiger partial charge in [-0.15, -0.1) is 0 Å². The second kappa shape index (κ2) is 7.38. The Kier molecular flexibility index (Phi) is 5.22. The molecule has 0 aliphatic carbocycles. The van der Waals surface area contributed by atoms with Crippen LogP contribution in [0.5, 0.6) is 0 Å². The SMILES string of the molecule is CCN(CC)c1ccc2c(c1)c1cc(N(CC)CC)ccc1n2CC. The summed E-state index contributed by atoms with van der Waals surface area (Å²) >= 11 is 0.